The number of esters is 1. The SMILES string of the molecule is CC(C)(C)OC(=O)N1CC2(CC2)C[C@H]1C(=O)O.CC(C)(C)OC(=O)N1CC2(CC2)C[C@H]1C(=O)OCC(=O)c1ccc(I)cc1.CC(C)(C)OC(=O)N1CC2(CC2)C[C@H]1c1ncc(-c2ccc(I)cc2)[nH]1.O=C(CBr)c1ccc(I)cc1.S. The van der Waals surface area contributed by atoms with E-state index in [-0.39, 0.29) is 60.0 Å². The molecule has 0 radical (unpaired) electrons. The van der Waals surface area contributed by atoms with Crippen LogP contribution in [0, 0.1) is 27.0 Å². The number of ketones is 2. The minimum atomic E-state index is -0.931. The highest BCUT2D eigenvalue weighted by Gasteiger charge is 2.58. The number of nitrogens with one attached hydrogen (secondary N) is 1. The van der Waals surface area contributed by atoms with Gasteiger partial charge in [0.25, 0.3) is 0 Å². The van der Waals surface area contributed by atoms with E-state index < -0.39 is 53.0 Å². The monoisotopic (exact) mass is 1550 g/mol. The van der Waals surface area contributed by atoms with E-state index in [1.54, 1.807) is 53.7 Å². The number of hydrogen-bond donors (Lipinski definition) is 2. The molecule has 3 saturated heterocycles. The van der Waals surface area contributed by atoms with Gasteiger partial charge in [-0.1, -0.05) is 52.3 Å². The fourth-order valence-electron chi connectivity index (χ4n) is 9.95. The number of carbonyl (C=O) groups excluding carboxylic acids is 6. The van der Waals surface area contributed by atoms with Gasteiger partial charge in [0.05, 0.1) is 23.3 Å². The number of carboxylic acid groups (broad SMARTS) is 1. The molecule has 4 heterocycles. The summed E-state index contributed by atoms with van der Waals surface area (Å²) in [6, 6.07) is 21.5. The zero-order valence-electron chi connectivity index (χ0n) is 47.9. The molecule has 3 amide bonds. The van der Waals surface area contributed by atoms with E-state index in [9.17, 15) is 33.6 Å². The molecule has 3 aliphatic heterocycles. The van der Waals surface area contributed by atoms with Crippen LogP contribution in [0.25, 0.3) is 11.3 Å². The van der Waals surface area contributed by atoms with Crippen molar-refractivity contribution in [3.05, 3.63) is 107 Å². The fraction of sp³-hybridized carbons (Fsp3) is 0.533. The average Bonchev–Trinajstić information content (AvgIpc) is 4.44. The molecule has 3 saturated carbocycles. The highest BCUT2D eigenvalue weighted by atomic mass is 127. The van der Waals surface area contributed by atoms with Crippen LogP contribution in [-0.4, -0.2) is 132 Å². The van der Waals surface area contributed by atoms with Crippen molar-refractivity contribution in [3.8, 4) is 11.3 Å². The molecular formula is C60H75BrI3N5O12S. The summed E-state index contributed by atoms with van der Waals surface area (Å²) in [6.07, 6.45) is 9.14. The second-order valence-electron chi connectivity index (χ2n) is 25.1. The van der Waals surface area contributed by atoms with Crippen LogP contribution in [0.5, 0.6) is 0 Å². The third kappa shape index (κ3) is 19.0. The summed E-state index contributed by atoms with van der Waals surface area (Å²) in [5.41, 5.74) is 2.00. The van der Waals surface area contributed by atoms with Crippen LogP contribution in [0.4, 0.5) is 14.4 Å². The Balaban J connectivity index is 0.000000184. The second kappa shape index (κ2) is 27.1. The zero-order chi connectivity index (χ0) is 59.5. The molecule has 6 fully saturated rings. The maximum Gasteiger partial charge on any atom is 0.411 e. The van der Waals surface area contributed by atoms with Gasteiger partial charge in [0.2, 0.25) is 0 Å². The van der Waals surface area contributed by atoms with E-state index in [2.05, 4.69) is 118 Å². The summed E-state index contributed by atoms with van der Waals surface area (Å²) in [4.78, 5) is 97.0. The van der Waals surface area contributed by atoms with Crippen LogP contribution in [0.15, 0.2) is 79.0 Å². The van der Waals surface area contributed by atoms with E-state index >= 15 is 0 Å². The van der Waals surface area contributed by atoms with Crippen LogP contribution in [0.3, 0.4) is 0 Å². The van der Waals surface area contributed by atoms with Crippen LogP contribution < -0.4 is 0 Å². The number of likely N-dealkylation sites (tertiary alicyclic amines) is 3. The van der Waals surface area contributed by atoms with Crippen LogP contribution in [0.2, 0.25) is 0 Å². The summed E-state index contributed by atoms with van der Waals surface area (Å²) in [5, 5.41) is 9.54. The summed E-state index contributed by atoms with van der Waals surface area (Å²) in [5.74, 6) is -0.750. The molecule has 3 spiro atoms. The topological polar surface area (TPSA) is 215 Å². The Hall–Kier alpha value is -4.02. The van der Waals surface area contributed by atoms with Gasteiger partial charge in [-0.3, -0.25) is 24.3 Å². The van der Waals surface area contributed by atoms with Crippen molar-refractivity contribution in [2.75, 3.05) is 31.6 Å². The normalized spacial score (nSPS) is 20.2. The number of Topliss-reactive ketones (excluding diaryl/α,β-unsaturated/α-hetero) is 2. The van der Waals surface area contributed by atoms with Crippen molar-refractivity contribution in [3.63, 3.8) is 0 Å². The standard InChI is InChI=1S/C20H24IN3O2.C20H24INO5.C12H19NO4.C8H6BrIO.H2S/c1-19(2,3)26-18(25)24-12-20(8-9-20)10-16(24)17-22-11-15(23-17)13-4-6-14(21)7-5-13;1-19(2,3)27-18(25)22-12-20(8-9-20)10-15(22)17(24)26-11-16(23)13-4-6-14(21)7-5-13;1-11(2,3)17-10(16)13-7-12(4-5-12)6-8(13)9(14)15;9-5-8(11)6-1-3-7(10)4-2-6;/h4-7,11,16H,8-10,12H2,1-3H3,(H,22,23);4-7,15H,8-12H2,1-3H3;8H,4-7H2,1-3H3,(H,14,15);1-4H,5H2;1H2/t16-;15-;8-;;/m000../s1. The number of imidazole rings is 1. The van der Waals surface area contributed by atoms with Crippen LogP contribution in [-0.2, 0) is 28.5 Å². The quantitative estimate of drug-likeness (QED) is 0.0525. The number of carboxylic acids is 1. The Morgan fingerprint density at radius 3 is 1.38 bits per heavy atom. The smallest absolute Gasteiger partial charge is 0.411 e. The number of H-pyrrole nitrogens is 1. The van der Waals surface area contributed by atoms with Crippen molar-refractivity contribution in [1.29, 1.82) is 0 Å². The lowest BCUT2D eigenvalue weighted by Gasteiger charge is -2.27. The first kappa shape index (κ1) is 67.1. The number of alkyl halides is 1. The van der Waals surface area contributed by atoms with Crippen LogP contribution >= 0.6 is 97.2 Å². The molecule has 82 heavy (non-hydrogen) atoms. The zero-order valence-corrected chi connectivity index (χ0v) is 56.9. The van der Waals surface area contributed by atoms with E-state index in [1.165, 1.54) is 26.2 Å². The number of rotatable bonds is 9. The molecule has 446 valence electrons. The molecule has 4 aromatic rings. The predicted octanol–water partition coefficient (Wildman–Crippen LogP) is 13.8. The van der Waals surface area contributed by atoms with Gasteiger partial charge >= 0.3 is 30.2 Å². The van der Waals surface area contributed by atoms with Gasteiger partial charge < -0.3 is 29.0 Å². The maximum absolute atomic E-state index is 12.7. The first-order valence-corrected chi connectivity index (χ1v) is 31.5. The number of aliphatic carboxylic acids is 1. The van der Waals surface area contributed by atoms with Crippen molar-refractivity contribution in [2.24, 2.45) is 16.2 Å². The number of nitrogens with zero attached hydrogens (tertiary/aromatic N) is 4. The van der Waals surface area contributed by atoms with Gasteiger partial charge in [-0.25, -0.2) is 29.0 Å². The second-order valence-corrected chi connectivity index (χ2v) is 29.4. The molecule has 22 heteroatoms. The van der Waals surface area contributed by atoms with Crippen molar-refractivity contribution in [1.82, 2.24) is 24.7 Å². The molecule has 3 atom stereocenters. The van der Waals surface area contributed by atoms with Gasteiger partial charge in [0.15, 0.2) is 18.2 Å². The number of aromatic amines is 1. The first-order valence-electron chi connectivity index (χ1n) is 27.1. The molecule has 17 nitrogen and oxygen atoms in total. The number of carbonyl (C=O) groups is 7. The number of benzene rings is 3. The van der Waals surface area contributed by atoms with Gasteiger partial charge in [-0.05, 0) is 246 Å². The largest absolute Gasteiger partial charge is 0.480 e. The molecule has 0 bridgehead atoms. The number of hydrogen-bond acceptors (Lipinski definition) is 12. The Morgan fingerprint density at radius 1 is 0.585 bits per heavy atom. The molecule has 2 N–H and O–H groups in total. The number of aromatic nitrogens is 2. The number of halogens is 4. The summed E-state index contributed by atoms with van der Waals surface area (Å²) < 4.78 is 25.0. The Kier molecular flexibility index (Phi) is 22.2. The predicted molar refractivity (Wildman–Crippen MR) is 344 cm³/mol. The van der Waals surface area contributed by atoms with E-state index in [1.807, 2.05) is 68.3 Å². The Labute approximate surface area is 537 Å². The Bertz CT molecular complexity index is 2950. The number of ether oxygens (including phenoxy) is 4. The lowest BCUT2D eigenvalue weighted by molar-refractivity contribution is -0.147. The minimum Gasteiger partial charge on any atom is -0.480 e. The van der Waals surface area contributed by atoms with E-state index in [0.717, 1.165) is 68.4 Å². The highest BCUT2D eigenvalue weighted by molar-refractivity contribution is 14.1. The maximum atomic E-state index is 12.7. The Morgan fingerprint density at radius 2 is 0.963 bits per heavy atom. The van der Waals surface area contributed by atoms with Crippen molar-refractivity contribution >= 4 is 139 Å². The van der Waals surface area contributed by atoms with E-state index in [0.29, 0.717) is 36.8 Å². The van der Waals surface area contributed by atoms with Crippen molar-refractivity contribution < 1.29 is 57.6 Å². The molecule has 3 aromatic carbocycles. The van der Waals surface area contributed by atoms with Gasteiger partial charge in [0, 0.05) is 41.5 Å². The third-order valence-electron chi connectivity index (χ3n) is 14.7. The summed E-state index contributed by atoms with van der Waals surface area (Å²) >= 11 is 9.78. The van der Waals surface area contributed by atoms with E-state index in [4.69, 9.17) is 24.1 Å². The number of amides is 3. The highest BCUT2D eigenvalue weighted by Crippen LogP contribution is 2.59. The lowest BCUT2D eigenvalue weighted by atomic mass is 10.0. The molecule has 6 aliphatic rings. The minimum absolute atomic E-state index is 0. The summed E-state index contributed by atoms with van der Waals surface area (Å²) in [6.45, 7) is 17.9. The fourth-order valence-corrected chi connectivity index (χ4v) is 11.3. The lowest BCUT2D eigenvalue weighted by Crippen LogP contribution is -2.44. The van der Waals surface area contributed by atoms with Crippen molar-refractivity contribution in [2.45, 2.75) is 155 Å². The molecule has 0 unspecified atom stereocenters. The van der Waals surface area contributed by atoms with Crippen LogP contribution in [0.1, 0.15) is 153 Å². The first-order chi connectivity index (χ1) is 37.8. The molecular weight excluding hydrogens is 1480 g/mol. The summed E-state index contributed by atoms with van der Waals surface area (Å²) in [7, 11) is 0. The third-order valence-corrected chi connectivity index (χ3v) is 17.4. The van der Waals surface area contributed by atoms with Gasteiger partial charge in [-0.15, -0.1) is 0 Å². The van der Waals surface area contributed by atoms with Gasteiger partial charge in [0.1, 0.15) is 34.7 Å². The average molecular weight is 1550 g/mol. The molecule has 3 aliphatic carbocycles. The molecule has 10 rings (SSSR count). The van der Waals surface area contributed by atoms with Gasteiger partial charge in [-0.2, -0.15) is 13.5 Å². The molecule has 1 aromatic heterocycles.